The van der Waals surface area contributed by atoms with Gasteiger partial charge >= 0.3 is 0 Å². The Kier molecular flexibility index (Phi) is 11.1. The van der Waals surface area contributed by atoms with Crippen molar-refractivity contribution in [1.82, 2.24) is 0 Å². The third kappa shape index (κ3) is 7.73. The summed E-state index contributed by atoms with van der Waals surface area (Å²) in [6, 6.07) is 113. The molecule has 0 radical (unpaired) electrons. The summed E-state index contributed by atoms with van der Waals surface area (Å²) < 4.78 is 6.62. The Morgan fingerprint density at radius 2 is 0.636 bits per heavy atom. The molecule has 410 valence electrons. The van der Waals surface area contributed by atoms with Crippen LogP contribution in [0.15, 0.2) is 308 Å². The van der Waals surface area contributed by atoms with E-state index in [1.54, 1.807) is 0 Å². The first kappa shape index (κ1) is 50.2. The Balaban J connectivity index is 0.890. The van der Waals surface area contributed by atoms with E-state index in [9.17, 15) is 0 Å². The molecular weight excluding hydrogens is 1060 g/mol. The van der Waals surface area contributed by atoms with E-state index in [1.165, 1.54) is 148 Å². The highest BCUT2D eigenvalue weighted by molar-refractivity contribution is 6.26. The summed E-state index contributed by atoms with van der Waals surface area (Å²) in [5, 5.41) is 16.9. The van der Waals surface area contributed by atoms with Crippen molar-refractivity contribution in [3.8, 4) is 89.0 Å². The number of hydrogen-bond donors (Lipinski definition) is 0. The van der Waals surface area contributed by atoms with Crippen LogP contribution in [0.5, 0.6) is 0 Å². The van der Waals surface area contributed by atoms with Crippen molar-refractivity contribution in [2.75, 3.05) is 0 Å². The monoisotopic (exact) mass is 1120 g/mol. The Bertz CT molecular complexity index is 5760. The predicted molar refractivity (Wildman–Crippen MR) is 374 cm³/mol. The van der Waals surface area contributed by atoms with Crippen molar-refractivity contribution < 1.29 is 4.42 Å². The van der Waals surface area contributed by atoms with Crippen LogP contribution in [-0.4, -0.2) is 0 Å². The molecular formula is C87H56O. The van der Waals surface area contributed by atoms with Crippen molar-refractivity contribution >= 4 is 86.6 Å². The lowest BCUT2D eigenvalue weighted by molar-refractivity contribution is 0.660. The lowest BCUT2D eigenvalue weighted by atomic mass is 9.80. The second kappa shape index (κ2) is 19.5. The first-order valence-electron chi connectivity index (χ1n) is 30.7. The fourth-order valence-electron chi connectivity index (χ4n) is 15.2. The Morgan fingerprint density at radius 3 is 1.35 bits per heavy atom. The van der Waals surface area contributed by atoms with Crippen molar-refractivity contribution in [3.05, 3.63) is 314 Å². The van der Waals surface area contributed by atoms with Crippen LogP contribution in [0, 0.1) is 0 Å². The lowest BCUT2D eigenvalue weighted by Gasteiger charge is -2.23. The molecule has 0 N–H and O–H groups in total. The maximum Gasteiger partial charge on any atom is 0.136 e. The van der Waals surface area contributed by atoms with Crippen molar-refractivity contribution in [3.63, 3.8) is 0 Å². The second-order valence-electron chi connectivity index (χ2n) is 24.6. The van der Waals surface area contributed by atoms with Crippen LogP contribution in [0.1, 0.15) is 25.0 Å². The van der Waals surface area contributed by atoms with Gasteiger partial charge in [0.05, 0.1) is 0 Å². The summed E-state index contributed by atoms with van der Waals surface area (Å²) in [6.45, 7) is 4.78. The number of hydrogen-bond acceptors (Lipinski definition) is 1. The van der Waals surface area contributed by atoms with Gasteiger partial charge in [-0.1, -0.05) is 269 Å². The molecule has 0 atom stereocenters. The summed E-state index contributed by atoms with van der Waals surface area (Å²) in [6.07, 6.45) is 0. The maximum absolute atomic E-state index is 6.62. The van der Waals surface area contributed by atoms with Gasteiger partial charge in [0.25, 0.3) is 0 Å². The summed E-state index contributed by atoms with van der Waals surface area (Å²) in [5.74, 6) is 0. The van der Waals surface area contributed by atoms with Crippen LogP contribution in [0.3, 0.4) is 0 Å². The quantitative estimate of drug-likeness (QED) is 0.145. The van der Waals surface area contributed by atoms with Gasteiger partial charge in [-0.15, -0.1) is 0 Å². The molecule has 88 heavy (non-hydrogen) atoms. The second-order valence-corrected chi connectivity index (χ2v) is 24.6. The molecule has 0 saturated heterocycles. The van der Waals surface area contributed by atoms with Gasteiger partial charge in [-0.2, -0.15) is 0 Å². The molecule has 1 heterocycles. The molecule has 17 aromatic rings. The minimum atomic E-state index is -0.161. The zero-order valence-corrected chi connectivity index (χ0v) is 48.8. The number of furan rings is 1. The fraction of sp³-hybridized carbons (Fsp3) is 0.0345. The summed E-state index contributed by atoms with van der Waals surface area (Å²) in [4.78, 5) is 0. The number of rotatable bonds is 7. The highest BCUT2D eigenvalue weighted by Gasteiger charge is 2.36. The van der Waals surface area contributed by atoms with E-state index in [4.69, 9.17) is 4.42 Å². The Labute approximate surface area is 510 Å². The molecule has 16 aromatic carbocycles. The molecule has 1 aliphatic carbocycles. The average molecular weight is 1120 g/mol. The zero-order valence-electron chi connectivity index (χ0n) is 48.8. The van der Waals surface area contributed by atoms with E-state index < -0.39 is 0 Å². The molecule has 1 aliphatic rings. The molecule has 1 heteroatoms. The Hall–Kier alpha value is -11.1. The largest absolute Gasteiger partial charge is 0.456 e. The standard InChI is InChI=1S/C87H56O/c1-87(2)78-30-15-14-25-67(78)68-42-39-65(52-79(68)87)85-72-29-13-12-28-71(72)83(63-23-16-22-59(48-63)53-17-4-3-5-18-53)74-44-38-62(50-76(74)85)61-37-43-73-75(49-61)82(57-34-31-55(32-35-57)60-36-33-54-19-6-7-21-58(54)47-60)69-26-10-11-27-70(69)84(73)64-41-45-80-77(51-64)86-66-24-9-8-20-56(66)40-46-81(86)88-80/h3-52H,1-2H3. The highest BCUT2D eigenvalue weighted by Crippen LogP contribution is 2.53. The van der Waals surface area contributed by atoms with Gasteiger partial charge in [0.2, 0.25) is 0 Å². The van der Waals surface area contributed by atoms with E-state index in [0.717, 1.165) is 38.6 Å². The molecule has 0 unspecified atom stereocenters. The van der Waals surface area contributed by atoms with Crippen LogP contribution in [-0.2, 0) is 5.41 Å². The molecule has 0 bridgehead atoms. The fourth-order valence-corrected chi connectivity index (χ4v) is 15.2. The van der Waals surface area contributed by atoms with E-state index in [2.05, 4.69) is 317 Å². The van der Waals surface area contributed by atoms with Gasteiger partial charge < -0.3 is 4.42 Å². The van der Waals surface area contributed by atoms with E-state index in [0.29, 0.717) is 0 Å². The minimum absolute atomic E-state index is 0.161. The van der Waals surface area contributed by atoms with Crippen LogP contribution in [0.25, 0.3) is 176 Å². The number of fused-ring (bicyclic) bond motifs is 13. The topological polar surface area (TPSA) is 13.1 Å². The molecule has 18 rings (SSSR count). The molecule has 1 nitrogen and oxygen atoms in total. The number of benzene rings is 16. The smallest absolute Gasteiger partial charge is 0.136 e. The first-order valence-corrected chi connectivity index (χ1v) is 30.7. The van der Waals surface area contributed by atoms with Gasteiger partial charge in [0.15, 0.2) is 0 Å². The van der Waals surface area contributed by atoms with Crippen molar-refractivity contribution in [1.29, 1.82) is 0 Å². The lowest BCUT2D eigenvalue weighted by Crippen LogP contribution is -2.14. The Morgan fingerprint density at radius 1 is 0.216 bits per heavy atom. The predicted octanol–water partition coefficient (Wildman–Crippen LogP) is 24.5. The van der Waals surface area contributed by atoms with Crippen molar-refractivity contribution in [2.45, 2.75) is 19.3 Å². The van der Waals surface area contributed by atoms with Crippen molar-refractivity contribution in [2.24, 2.45) is 0 Å². The normalized spacial score (nSPS) is 12.8. The van der Waals surface area contributed by atoms with Crippen LogP contribution >= 0.6 is 0 Å². The van der Waals surface area contributed by atoms with E-state index in [1.807, 2.05) is 0 Å². The van der Waals surface area contributed by atoms with Gasteiger partial charge in [0, 0.05) is 16.2 Å². The summed E-state index contributed by atoms with van der Waals surface area (Å²) in [7, 11) is 0. The zero-order chi connectivity index (χ0) is 58.2. The minimum Gasteiger partial charge on any atom is -0.456 e. The third-order valence-corrected chi connectivity index (χ3v) is 19.4. The molecule has 0 aliphatic heterocycles. The highest BCUT2D eigenvalue weighted by atomic mass is 16.3. The van der Waals surface area contributed by atoms with Crippen LogP contribution < -0.4 is 0 Å². The molecule has 0 fully saturated rings. The summed E-state index contributed by atoms with van der Waals surface area (Å²) >= 11 is 0. The first-order chi connectivity index (χ1) is 43.4. The molecule has 0 saturated carbocycles. The van der Waals surface area contributed by atoms with E-state index >= 15 is 0 Å². The summed E-state index contributed by atoms with van der Waals surface area (Å²) in [5.41, 5.74) is 23.8. The maximum atomic E-state index is 6.62. The SMILES string of the molecule is CC1(C)c2ccccc2-c2ccc(-c3c4ccccc4c(-c4cccc(-c5ccccc5)c4)c4ccc(-c5ccc6c(-c7ccc8oc9ccc%10ccccc%10c9c8c7)c7ccccc7c(-c7ccc(-c8ccc9ccccc9c8)cc7)c6c5)cc34)cc21. The molecule has 0 spiro atoms. The van der Waals surface area contributed by atoms with Crippen LogP contribution in [0.2, 0.25) is 0 Å². The van der Waals surface area contributed by atoms with Gasteiger partial charge in [-0.25, -0.2) is 0 Å². The van der Waals surface area contributed by atoms with Gasteiger partial charge in [0.1, 0.15) is 11.2 Å². The average Bonchev–Trinajstić information content (AvgIpc) is 1.08. The van der Waals surface area contributed by atoms with E-state index in [-0.39, 0.29) is 5.41 Å². The van der Waals surface area contributed by atoms with Gasteiger partial charge in [-0.3, -0.25) is 0 Å². The van der Waals surface area contributed by atoms with Crippen LogP contribution in [0.4, 0.5) is 0 Å². The van der Waals surface area contributed by atoms with Gasteiger partial charge in [-0.05, 0) is 213 Å². The molecule has 1 aromatic heterocycles. The molecule has 0 amide bonds. The third-order valence-electron chi connectivity index (χ3n) is 19.4.